The van der Waals surface area contributed by atoms with Gasteiger partial charge in [-0.05, 0) is 85.1 Å². The summed E-state index contributed by atoms with van der Waals surface area (Å²) in [6.07, 6.45) is 5.02. The molecule has 0 bridgehead atoms. The number of carbonyl (C=O) groups is 1. The largest absolute Gasteiger partial charge is 0.340 e. The number of hydrogen-bond donors (Lipinski definition) is 2. The summed E-state index contributed by atoms with van der Waals surface area (Å²) in [6.45, 7) is 2.17. The Morgan fingerprint density at radius 3 is 2.27 bits per heavy atom. The number of unbranched alkanes of at least 4 members (excludes halogenated alkanes) is 1. The van der Waals surface area contributed by atoms with E-state index in [9.17, 15) is 9.18 Å². The maximum absolute atomic E-state index is 13.2. The van der Waals surface area contributed by atoms with E-state index in [2.05, 4.69) is 39.7 Å². The molecule has 1 amide bonds. The first kappa shape index (κ1) is 22.1. The Hall–Kier alpha value is -4.06. The van der Waals surface area contributed by atoms with Gasteiger partial charge in [0.1, 0.15) is 11.6 Å². The number of amides is 1. The van der Waals surface area contributed by atoms with E-state index in [1.165, 1.54) is 17.7 Å². The minimum atomic E-state index is -0.304. The van der Waals surface area contributed by atoms with Crippen LogP contribution >= 0.6 is 0 Å². The van der Waals surface area contributed by atoms with Crippen molar-refractivity contribution in [1.29, 1.82) is 0 Å². The van der Waals surface area contributed by atoms with Gasteiger partial charge in [-0.3, -0.25) is 4.79 Å². The van der Waals surface area contributed by atoms with Gasteiger partial charge in [0.15, 0.2) is 5.82 Å². The van der Waals surface area contributed by atoms with E-state index in [-0.39, 0.29) is 11.7 Å². The summed E-state index contributed by atoms with van der Waals surface area (Å²) in [7, 11) is 0. The molecule has 0 spiro atoms. The van der Waals surface area contributed by atoms with E-state index in [1.54, 1.807) is 36.5 Å². The fraction of sp³-hybridized carbons (Fsp3) is 0.148. The maximum Gasteiger partial charge on any atom is 0.255 e. The van der Waals surface area contributed by atoms with Gasteiger partial charge in [-0.2, -0.15) is 0 Å². The van der Waals surface area contributed by atoms with Crippen LogP contribution in [-0.4, -0.2) is 15.9 Å². The second kappa shape index (κ2) is 10.5. The zero-order valence-corrected chi connectivity index (χ0v) is 18.4. The van der Waals surface area contributed by atoms with Gasteiger partial charge in [0.2, 0.25) is 0 Å². The van der Waals surface area contributed by atoms with Crippen LogP contribution in [-0.2, 0) is 6.42 Å². The molecule has 33 heavy (non-hydrogen) atoms. The molecule has 0 aliphatic heterocycles. The Bertz CT molecular complexity index is 1210. The second-order valence-corrected chi connectivity index (χ2v) is 7.73. The van der Waals surface area contributed by atoms with E-state index in [0.717, 1.165) is 36.2 Å². The molecule has 2 N–H and O–H groups in total. The van der Waals surface area contributed by atoms with Crippen molar-refractivity contribution in [3.8, 4) is 11.4 Å². The number of aromatic nitrogens is 2. The van der Waals surface area contributed by atoms with Crippen molar-refractivity contribution >= 4 is 23.1 Å². The smallest absolute Gasteiger partial charge is 0.255 e. The molecular formula is C27H25FN4O. The van der Waals surface area contributed by atoms with Gasteiger partial charge in [-0.25, -0.2) is 14.4 Å². The van der Waals surface area contributed by atoms with Crippen molar-refractivity contribution in [2.75, 3.05) is 10.6 Å². The van der Waals surface area contributed by atoms with Gasteiger partial charge in [0.25, 0.3) is 5.91 Å². The van der Waals surface area contributed by atoms with Crippen LogP contribution in [0.25, 0.3) is 11.4 Å². The fourth-order valence-corrected chi connectivity index (χ4v) is 3.36. The summed E-state index contributed by atoms with van der Waals surface area (Å²) in [5, 5.41) is 6.14. The van der Waals surface area contributed by atoms with E-state index in [1.807, 2.05) is 24.3 Å². The molecule has 0 atom stereocenters. The van der Waals surface area contributed by atoms with Gasteiger partial charge in [-0.15, -0.1) is 0 Å². The molecule has 0 fully saturated rings. The molecule has 0 saturated heterocycles. The molecule has 4 rings (SSSR count). The lowest BCUT2D eigenvalue weighted by atomic mass is 10.1. The van der Waals surface area contributed by atoms with Crippen LogP contribution in [0.2, 0.25) is 0 Å². The predicted octanol–water partition coefficient (Wildman–Crippen LogP) is 6.62. The van der Waals surface area contributed by atoms with E-state index < -0.39 is 0 Å². The standard InChI is InChI=1S/C27H25FN4O/c1-2-3-4-19-5-13-24(14-6-19)31-27(33)21-9-15-23(16-10-21)30-25-17-18-29-26(32-25)20-7-11-22(28)12-8-20/h5-18H,2-4H2,1H3,(H,31,33)(H,29,30,32). The van der Waals surface area contributed by atoms with Gasteiger partial charge in [0.05, 0.1) is 0 Å². The van der Waals surface area contributed by atoms with Crippen LogP contribution in [0.3, 0.4) is 0 Å². The Balaban J connectivity index is 1.38. The summed E-state index contributed by atoms with van der Waals surface area (Å²) in [4.78, 5) is 21.3. The molecule has 6 heteroatoms. The zero-order valence-electron chi connectivity index (χ0n) is 18.4. The van der Waals surface area contributed by atoms with E-state index in [0.29, 0.717) is 17.2 Å². The Morgan fingerprint density at radius 1 is 0.879 bits per heavy atom. The highest BCUT2D eigenvalue weighted by Crippen LogP contribution is 2.20. The van der Waals surface area contributed by atoms with Crippen molar-refractivity contribution in [1.82, 2.24) is 9.97 Å². The molecule has 166 valence electrons. The maximum atomic E-state index is 13.2. The summed E-state index contributed by atoms with van der Waals surface area (Å²) in [5.41, 5.74) is 4.13. The highest BCUT2D eigenvalue weighted by atomic mass is 19.1. The van der Waals surface area contributed by atoms with Gasteiger partial charge >= 0.3 is 0 Å². The number of rotatable bonds is 8. The first-order valence-corrected chi connectivity index (χ1v) is 11.0. The number of carbonyl (C=O) groups excluding carboxylic acids is 1. The third-order valence-corrected chi connectivity index (χ3v) is 5.21. The van der Waals surface area contributed by atoms with Crippen molar-refractivity contribution in [2.24, 2.45) is 0 Å². The number of hydrogen-bond acceptors (Lipinski definition) is 4. The van der Waals surface area contributed by atoms with Crippen molar-refractivity contribution < 1.29 is 9.18 Å². The highest BCUT2D eigenvalue weighted by Gasteiger charge is 2.08. The van der Waals surface area contributed by atoms with E-state index in [4.69, 9.17) is 0 Å². The topological polar surface area (TPSA) is 66.9 Å². The molecule has 1 aromatic heterocycles. The van der Waals surface area contributed by atoms with Crippen LogP contribution in [0, 0.1) is 5.82 Å². The monoisotopic (exact) mass is 440 g/mol. The van der Waals surface area contributed by atoms with Crippen LogP contribution in [0.1, 0.15) is 35.7 Å². The number of nitrogens with zero attached hydrogens (tertiary/aromatic N) is 2. The number of anilines is 3. The minimum Gasteiger partial charge on any atom is -0.340 e. The molecule has 0 aliphatic rings. The number of benzene rings is 3. The normalized spacial score (nSPS) is 10.6. The molecule has 3 aromatic carbocycles. The summed E-state index contributed by atoms with van der Waals surface area (Å²) >= 11 is 0. The number of aryl methyl sites for hydroxylation is 1. The average Bonchev–Trinajstić information content (AvgIpc) is 2.85. The third-order valence-electron chi connectivity index (χ3n) is 5.21. The third kappa shape index (κ3) is 6.01. The lowest BCUT2D eigenvalue weighted by Gasteiger charge is -2.09. The molecule has 4 aromatic rings. The summed E-state index contributed by atoms with van der Waals surface area (Å²) in [5.74, 6) is 0.631. The Morgan fingerprint density at radius 2 is 1.58 bits per heavy atom. The SMILES string of the molecule is CCCCc1ccc(NC(=O)c2ccc(Nc3ccnc(-c4ccc(F)cc4)n3)cc2)cc1. The Kier molecular flexibility index (Phi) is 7.05. The van der Waals surface area contributed by atoms with Gasteiger partial charge in [-0.1, -0.05) is 25.5 Å². The van der Waals surface area contributed by atoms with Crippen LogP contribution < -0.4 is 10.6 Å². The van der Waals surface area contributed by atoms with Crippen LogP contribution in [0.15, 0.2) is 85.1 Å². The summed E-state index contributed by atoms with van der Waals surface area (Å²) < 4.78 is 13.2. The molecule has 0 saturated carbocycles. The number of nitrogens with one attached hydrogen (secondary N) is 2. The van der Waals surface area contributed by atoms with Crippen LogP contribution in [0.4, 0.5) is 21.6 Å². The van der Waals surface area contributed by atoms with Crippen molar-refractivity contribution in [3.63, 3.8) is 0 Å². The zero-order chi connectivity index (χ0) is 23.0. The lowest BCUT2D eigenvalue weighted by Crippen LogP contribution is -2.11. The number of halogens is 1. The van der Waals surface area contributed by atoms with Gasteiger partial charge < -0.3 is 10.6 Å². The minimum absolute atomic E-state index is 0.163. The average molecular weight is 441 g/mol. The van der Waals surface area contributed by atoms with Crippen molar-refractivity contribution in [2.45, 2.75) is 26.2 Å². The van der Waals surface area contributed by atoms with Gasteiger partial charge in [0, 0.05) is 28.7 Å². The van der Waals surface area contributed by atoms with E-state index >= 15 is 0 Å². The van der Waals surface area contributed by atoms with Crippen molar-refractivity contribution in [3.05, 3.63) is 102 Å². The second-order valence-electron chi connectivity index (χ2n) is 7.73. The molecule has 1 heterocycles. The molecular weight excluding hydrogens is 415 g/mol. The summed E-state index contributed by atoms with van der Waals surface area (Å²) in [6, 6.07) is 22.9. The predicted molar refractivity (Wildman–Crippen MR) is 130 cm³/mol. The molecule has 0 unspecified atom stereocenters. The fourth-order valence-electron chi connectivity index (χ4n) is 3.36. The Labute approximate surface area is 192 Å². The van der Waals surface area contributed by atoms with Crippen LogP contribution in [0.5, 0.6) is 0 Å². The quantitative estimate of drug-likeness (QED) is 0.323. The first-order valence-electron chi connectivity index (χ1n) is 11.0. The highest BCUT2D eigenvalue weighted by molar-refractivity contribution is 6.04. The first-order chi connectivity index (χ1) is 16.1. The lowest BCUT2D eigenvalue weighted by molar-refractivity contribution is 0.102. The molecule has 0 aliphatic carbocycles. The molecule has 5 nitrogen and oxygen atoms in total. The molecule has 0 radical (unpaired) electrons.